The number of morpholine rings is 1. The highest BCUT2D eigenvalue weighted by atomic mass is 16.5. The van der Waals surface area contributed by atoms with Crippen LogP contribution in [0, 0.1) is 6.92 Å². The van der Waals surface area contributed by atoms with Crippen molar-refractivity contribution in [2.24, 2.45) is 0 Å². The van der Waals surface area contributed by atoms with Crippen LogP contribution in [0.25, 0.3) is 0 Å². The van der Waals surface area contributed by atoms with Crippen molar-refractivity contribution in [2.45, 2.75) is 53.0 Å². The number of carbonyl (C=O) groups is 1. The fraction of sp³-hybridized carbons (Fsp3) is 0.750. The Morgan fingerprint density at radius 2 is 2.00 bits per heavy atom. The third-order valence-corrected chi connectivity index (χ3v) is 4.00. The summed E-state index contributed by atoms with van der Waals surface area (Å²) in [7, 11) is 0. The Bertz CT molecular complexity index is 514. The summed E-state index contributed by atoms with van der Waals surface area (Å²) in [5, 5.41) is 4.75. The number of carbonyl (C=O) groups excluding carboxylic acids is 1. The maximum Gasteiger partial charge on any atom is 0.248 e. The first kappa shape index (κ1) is 16.0. The Morgan fingerprint density at radius 3 is 2.57 bits per heavy atom. The highest BCUT2D eigenvalue weighted by Crippen LogP contribution is 2.28. The molecule has 0 unspecified atom stereocenters. The van der Waals surface area contributed by atoms with E-state index in [1.807, 2.05) is 4.90 Å². The molecule has 1 aromatic rings. The van der Waals surface area contributed by atoms with Crippen molar-refractivity contribution < 1.29 is 9.53 Å². The minimum atomic E-state index is 0.0551. The molecular formula is C16H27N3O2. The zero-order valence-corrected chi connectivity index (χ0v) is 13.9. The van der Waals surface area contributed by atoms with Crippen molar-refractivity contribution >= 4 is 5.91 Å². The Balaban J connectivity index is 2.17. The van der Waals surface area contributed by atoms with E-state index in [0.29, 0.717) is 19.7 Å². The minimum absolute atomic E-state index is 0.0551. The van der Waals surface area contributed by atoms with Gasteiger partial charge in [0.05, 0.1) is 18.8 Å². The number of rotatable bonds is 4. The number of hydrogen-bond donors (Lipinski definition) is 0. The molecule has 21 heavy (non-hydrogen) atoms. The van der Waals surface area contributed by atoms with Gasteiger partial charge >= 0.3 is 0 Å². The standard InChI is InChI=1S/C16H27N3O2/c1-6-13-12(2)15(16(3,4)5)19(17-13)8-7-18-9-10-21-11-14(18)20/h6-11H2,1-5H3. The Kier molecular flexibility index (Phi) is 4.71. The maximum absolute atomic E-state index is 11.8. The number of nitrogens with zero attached hydrogens (tertiary/aromatic N) is 3. The molecule has 2 heterocycles. The maximum atomic E-state index is 11.8. The summed E-state index contributed by atoms with van der Waals surface area (Å²) in [6.07, 6.45) is 0.943. The van der Waals surface area contributed by atoms with Crippen LogP contribution in [0.4, 0.5) is 0 Å². The monoisotopic (exact) mass is 293 g/mol. The predicted octanol–water partition coefficient (Wildman–Crippen LogP) is 1.91. The topological polar surface area (TPSA) is 47.4 Å². The lowest BCUT2D eigenvalue weighted by atomic mass is 9.88. The number of amides is 1. The number of ether oxygens (including phenoxy) is 1. The zero-order chi connectivity index (χ0) is 15.6. The molecule has 1 fully saturated rings. The van der Waals surface area contributed by atoms with Gasteiger partial charge in [0.15, 0.2) is 0 Å². The molecule has 1 aliphatic rings. The van der Waals surface area contributed by atoms with E-state index in [2.05, 4.69) is 39.3 Å². The highest BCUT2D eigenvalue weighted by Gasteiger charge is 2.25. The second kappa shape index (κ2) is 6.18. The lowest BCUT2D eigenvalue weighted by Gasteiger charge is -2.28. The fourth-order valence-corrected chi connectivity index (χ4v) is 3.05. The van der Waals surface area contributed by atoms with E-state index in [4.69, 9.17) is 9.84 Å². The van der Waals surface area contributed by atoms with Gasteiger partial charge in [-0.25, -0.2) is 0 Å². The van der Waals surface area contributed by atoms with Gasteiger partial charge in [-0.1, -0.05) is 27.7 Å². The molecule has 118 valence electrons. The van der Waals surface area contributed by atoms with E-state index in [-0.39, 0.29) is 17.9 Å². The smallest absolute Gasteiger partial charge is 0.248 e. The van der Waals surface area contributed by atoms with E-state index in [0.717, 1.165) is 18.7 Å². The van der Waals surface area contributed by atoms with Crippen molar-refractivity contribution in [3.8, 4) is 0 Å². The molecule has 0 aromatic carbocycles. The molecule has 5 heteroatoms. The van der Waals surface area contributed by atoms with Gasteiger partial charge in [0.2, 0.25) is 5.91 Å². The first-order valence-corrected chi connectivity index (χ1v) is 7.77. The molecule has 0 aliphatic carbocycles. The van der Waals surface area contributed by atoms with Gasteiger partial charge in [-0.3, -0.25) is 9.48 Å². The van der Waals surface area contributed by atoms with Crippen LogP contribution in [0.2, 0.25) is 0 Å². The molecule has 1 amide bonds. The molecule has 0 radical (unpaired) electrons. The SMILES string of the molecule is CCc1nn(CCN2CCOCC2=O)c(C(C)(C)C)c1C. The Morgan fingerprint density at radius 1 is 1.29 bits per heavy atom. The highest BCUT2D eigenvalue weighted by molar-refractivity contribution is 5.77. The molecule has 1 saturated heterocycles. The fourth-order valence-electron chi connectivity index (χ4n) is 3.05. The van der Waals surface area contributed by atoms with E-state index in [1.165, 1.54) is 11.3 Å². The largest absolute Gasteiger partial charge is 0.370 e. The van der Waals surface area contributed by atoms with Gasteiger partial charge in [-0.15, -0.1) is 0 Å². The zero-order valence-electron chi connectivity index (χ0n) is 13.9. The first-order chi connectivity index (χ1) is 9.84. The van der Waals surface area contributed by atoms with Gasteiger partial charge in [-0.05, 0) is 18.9 Å². The number of aryl methyl sites for hydroxylation is 1. The van der Waals surface area contributed by atoms with E-state index in [9.17, 15) is 4.79 Å². The van der Waals surface area contributed by atoms with Crippen molar-refractivity contribution in [2.75, 3.05) is 26.3 Å². The minimum Gasteiger partial charge on any atom is -0.370 e. The Hall–Kier alpha value is -1.36. The van der Waals surface area contributed by atoms with Crippen molar-refractivity contribution in [1.82, 2.24) is 14.7 Å². The second-order valence-corrected chi connectivity index (χ2v) is 6.68. The molecule has 1 aromatic heterocycles. The van der Waals surface area contributed by atoms with Gasteiger partial charge in [-0.2, -0.15) is 5.10 Å². The van der Waals surface area contributed by atoms with Crippen LogP contribution in [0.5, 0.6) is 0 Å². The molecule has 0 N–H and O–H groups in total. The average molecular weight is 293 g/mol. The summed E-state index contributed by atoms with van der Waals surface area (Å²) in [5.74, 6) is 0.0816. The normalized spacial score (nSPS) is 16.6. The van der Waals surface area contributed by atoms with Gasteiger partial charge in [0.25, 0.3) is 0 Å². The van der Waals surface area contributed by atoms with E-state index >= 15 is 0 Å². The summed E-state index contributed by atoms with van der Waals surface area (Å²) in [5.41, 5.74) is 3.78. The predicted molar refractivity (Wildman–Crippen MR) is 82.4 cm³/mol. The lowest BCUT2D eigenvalue weighted by Crippen LogP contribution is -2.43. The summed E-state index contributed by atoms with van der Waals surface area (Å²) in [6.45, 7) is 13.9. The molecule has 1 aliphatic heterocycles. The van der Waals surface area contributed by atoms with Gasteiger partial charge < -0.3 is 9.64 Å². The summed E-state index contributed by atoms with van der Waals surface area (Å²) < 4.78 is 7.26. The van der Waals surface area contributed by atoms with Crippen molar-refractivity contribution in [3.63, 3.8) is 0 Å². The lowest BCUT2D eigenvalue weighted by molar-refractivity contribution is -0.142. The molecule has 0 bridgehead atoms. The summed E-state index contributed by atoms with van der Waals surface area (Å²) in [4.78, 5) is 13.7. The number of aromatic nitrogens is 2. The quantitative estimate of drug-likeness (QED) is 0.852. The average Bonchev–Trinajstić information content (AvgIpc) is 2.74. The van der Waals surface area contributed by atoms with Crippen LogP contribution >= 0.6 is 0 Å². The first-order valence-electron chi connectivity index (χ1n) is 7.77. The molecule has 0 saturated carbocycles. The van der Waals surface area contributed by atoms with Gasteiger partial charge in [0.1, 0.15) is 6.61 Å². The van der Waals surface area contributed by atoms with Crippen LogP contribution in [0.3, 0.4) is 0 Å². The molecular weight excluding hydrogens is 266 g/mol. The van der Waals surface area contributed by atoms with Crippen LogP contribution in [-0.2, 0) is 27.9 Å². The summed E-state index contributed by atoms with van der Waals surface area (Å²) >= 11 is 0. The summed E-state index contributed by atoms with van der Waals surface area (Å²) in [6, 6.07) is 0. The third-order valence-electron chi connectivity index (χ3n) is 4.00. The molecule has 0 spiro atoms. The Labute approximate surface area is 127 Å². The van der Waals surface area contributed by atoms with Gasteiger partial charge in [0, 0.05) is 24.2 Å². The molecule has 0 atom stereocenters. The molecule has 2 rings (SSSR count). The van der Waals surface area contributed by atoms with E-state index < -0.39 is 0 Å². The molecule has 5 nitrogen and oxygen atoms in total. The van der Waals surface area contributed by atoms with E-state index in [1.54, 1.807) is 0 Å². The van der Waals surface area contributed by atoms with Crippen LogP contribution in [-0.4, -0.2) is 46.9 Å². The van der Waals surface area contributed by atoms with Crippen LogP contribution < -0.4 is 0 Å². The van der Waals surface area contributed by atoms with Crippen LogP contribution in [0.15, 0.2) is 0 Å². The second-order valence-electron chi connectivity index (χ2n) is 6.68. The van der Waals surface area contributed by atoms with Crippen molar-refractivity contribution in [1.29, 1.82) is 0 Å². The third kappa shape index (κ3) is 3.46. The van der Waals surface area contributed by atoms with Crippen LogP contribution in [0.1, 0.15) is 44.6 Å². The van der Waals surface area contributed by atoms with Crippen molar-refractivity contribution in [3.05, 3.63) is 17.0 Å². The number of hydrogen-bond acceptors (Lipinski definition) is 3.